The Bertz CT molecular complexity index is 550. The molecule has 0 aromatic carbocycles. The molecule has 1 N–H and O–H groups in total. The van der Waals surface area contributed by atoms with Gasteiger partial charge in [-0.2, -0.15) is 4.91 Å². The molecule has 4 heteroatoms. The van der Waals surface area contributed by atoms with Crippen LogP contribution in [0.4, 0.5) is 0 Å². The predicted octanol–water partition coefficient (Wildman–Crippen LogP) is 3.08. The normalized spacial score (nSPS) is 63.2. The molecule has 21 heavy (non-hydrogen) atoms. The summed E-state index contributed by atoms with van der Waals surface area (Å²) < 4.78 is 6.39. The first kappa shape index (κ1) is 13.0. The maximum atomic E-state index is 11.5. The minimum Gasteiger partial charge on any atom is -0.368 e. The molecule has 0 saturated heterocycles. The van der Waals surface area contributed by atoms with Gasteiger partial charge in [0.2, 0.25) is 0 Å². The number of nitroso groups, excluding NO2 is 1. The van der Waals surface area contributed by atoms with Gasteiger partial charge in [0.05, 0.1) is 5.60 Å². The summed E-state index contributed by atoms with van der Waals surface area (Å²) in [5, 5.41) is 14.0. The summed E-state index contributed by atoms with van der Waals surface area (Å²) in [6, 6.07) is 0. The lowest BCUT2D eigenvalue weighted by atomic mass is 9.46. The van der Waals surface area contributed by atoms with Crippen LogP contribution in [0.15, 0.2) is 5.18 Å². The van der Waals surface area contributed by atoms with Crippen LogP contribution in [0.5, 0.6) is 0 Å². The number of nitrogens with zero attached hydrogens (tertiary/aromatic N) is 1. The molecule has 5 aliphatic rings. The Kier molecular flexibility index (Phi) is 2.00. The monoisotopic (exact) mass is 291 g/mol. The second-order valence-corrected chi connectivity index (χ2v) is 9.10. The van der Waals surface area contributed by atoms with E-state index in [9.17, 15) is 10.0 Å². The fourth-order valence-electron chi connectivity index (χ4n) is 7.50. The summed E-state index contributed by atoms with van der Waals surface area (Å²) in [7, 11) is 0. The van der Waals surface area contributed by atoms with Gasteiger partial charge in [0.25, 0.3) is 0 Å². The first-order chi connectivity index (χ1) is 9.89. The summed E-state index contributed by atoms with van der Waals surface area (Å²) in [6.45, 7) is 6.29. The molecule has 0 heterocycles. The molecule has 5 fully saturated rings. The lowest BCUT2D eigenvalue weighted by Crippen LogP contribution is -2.62. The topological polar surface area (TPSA) is 58.9 Å². The zero-order valence-corrected chi connectivity index (χ0v) is 13.1. The van der Waals surface area contributed by atoms with Crippen LogP contribution in [0.25, 0.3) is 0 Å². The molecule has 116 valence electrons. The molecule has 0 radical (unpaired) electrons. The molecule has 2 bridgehead atoms. The molecule has 8 atom stereocenters. The van der Waals surface area contributed by atoms with Crippen molar-refractivity contribution in [1.29, 1.82) is 0 Å². The van der Waals surface area contributed by atoms with E-state index in [0.29, 0.717) is 23.2 Å². The van der Waals surface area contributed by atoms with Gasteiger partial charge < -0.3 is 9.84 Å². The van der Waals surface area contributed by atoms with E-state index < -0.39 is 6.29 Å². The van der Waals surface area contributed by atoms with Crippen molar-refractivity contribution in [2.45, 2.75) is 70.3 Å². The fourth-order valence-corrected chi connectivity index (χ4v) is 7.50. The Hall–Kier alpha value is -0.480. The summed E-state index contributed by atoms with van der Waals surface area (Å²) in [5.41, 5.74) is 0.0750. The van der Waals surface area contributed by atoms with Gasteiger partial charge in [-0.1, -0.05) is 25.9 Å². The molecule has 5 aliphatic carbocycles. The summed E-state index contributed by atoms with van der Waals surface area (Å²) >= 11 is 0. The molecule has 5 saturated carbocycles. The van der Waals surface area contributed by atoms with E-state index in [1.165, 1.54) is 6.42 Å². The second kappa shape index (κ2) is 3.23. The molecule has 0 aromatic rings. The fraction of sp³-hybridized carbons (Fsp3) is 1.00. The number of hydrogen-bond acceptors (Lipinski definition) is 4. The molecular weight excluding hydrogens is 266 g/mol. The summed E-state index contributed by atoms with van der Waals surface area (Å²) in [6.07, 6.45) is 4.65. The Morgan fingerprint density at radius 1 is 1.24 bits per heavy atom. The van der Waals surface area contributed by atoms with Crippen LogP contribution in [-0.4, -0.2) is 22.5 Å². The third-order valence-corrected chi connectivity index (χ3v) is 8.06. The quantitative estimate of drug-likeness (QED) is 0.639. The van der Waals surface area contributed by atoms with E-state index in [4.69, 9.17) is 4.74 Å². The van der Waals surface area contributed by atoms with E-state index in [0.717, 1.165) is 25.7 Å². The van der Waals surface area contributed by atoms with E-state index in [-0.39, 0.29) is 22.5 Å². The van der Waals surface area contributed by atoms with Crippen molar-refractivity contribution < 1.29 is 9.84 Å². The van der Waals surface area contributed by atoms with Gasteiger partial charge in [-0.25, -0.2) is 0 Å². The SMILES string of the molecule is CC1CC2C3(N=O)CC4CC45C2(C3)[C@@]5(OC(O)C(C)C)C1. The highest BCUT2D eigenvalue weighted by Crippen LogP contribution is 3.03. The maximum Gasteiger partial charge on any atom is 0.157 e. The Morgan fingerprint density at radius 2 is 2.00 bits per heavy atom. The zero-order chi connectivity index (χ0) is 14.8. The van der Waals surface area contributed by atoms with Gasteiger partial charge in [-0.15, -0.1) is 0 Å². The highest BCUT2D eigenvalue weighted by Gasteiger charge is 3.06. The van der Waals surface area contributed by atoms with Gasteiger partial charge in [0.15, 0.2) is 6.29 Å². The number of aliphatic hydroxyl groups is 1. The smallest absolute Gasteiger partial charge is 0.157 e. The van der Waals surface area contributed by atoms with Gasteiger partial charge >= 0.3 is 0 Å². The maximum absolute atomic E-state index is 11.5. The van der Waals surface area contributed by atoms with Crippen molar-refractivity contribution in [3.05, 3.63) is 4.91 Å². The number of hydrogen-bond donors (Lipinski definition) is 1. The molecular formula is C17H25NO3. The van der Waals surface area contributed by atoms with Crippen LogP contribution >= 0.6 is 0 Å². The molecule has 0 amide bonds. The highest BCUT2D eigenvalue weighted by atomic mass is 16.6. The van der Waals surface area contributed by atoms with E-state index in [1.54, 1.807) is 0 Å². The Labute approximate surface area is 125 Å². The van der Waals surface area contributed by atoms with Crippen LogP contribution < -0.4 is 0 Å². The van der Waals surface area contributed by atoms with Crippen molar-refractivity contribution in [3.8, 4) is 0 Å². The minimum atomic E-state index is -0.675. The van der Waals surface area contributed by atoms with E-state index in [2.05, 4.69) is 12.1 Å². The van der Waals surface area contributed by atoms with Crippen LogP contribution in [0.1, 0.15) is 52.9 Å². The summed E-state index contributed by atoms with van der Waals surface area (Å²) in [5.74, 6) is 1.74. The van der Waals surface area contributed by atoms with Crippen molar-refractivity contribution in [2.75, 3.05) is 0 Å². The lowest BCUT2D eigenvalue weighted by molar-refractivity contribution is -0.217. The number of aliphatic hydroxyl groups excluding tert-OH is 1. The minimum absolute atomic E-state index is 0.122. The molecule has 5 rings (SSSR count). The molecule has 7 unspecified atom stereocenters. The molecule has 2 spiro atoms. The van der Waals surface area contributed by atoms with Crippen LogP contribution in [-0.2, 0) is 4.74 Å². The van der Waals surface area contributed by atoms with Gasteiger partial charge in [-0.3, -0.25) is 0 Å². The van der Waals surface area contributed by atoms with Gasteiger partial charge in [0.1, 0.15) is 5.54 Å². The zero-order valence-electron chi connectivity index (χ0n) is 13.1. The highest BCUT2D eigenvalue weighted by molar-refractivity contribution is 5.54. The van der Waals surface area contributed by atoms with E-state index >= 15 is 0 Å². The Balaban J connectivity index is 1.58. The largest absolute Gasteiger partial charge is 0.368 e. The van der Waals surface area contributed by atoms with Crippen LogP contribution in [0.3, 0.4) is 0 Å². The predicted molar refractivity (Wildman–Crippen MR) is 77.3 cm³/mol. The first-order valence-corrected chi connectivity index (χ1v) is 8.59. The standard InChI is InChI=1S/C17H25NO3/c1-9(2)13(19)21-17-5-10(3)4-12-14(18-20)6-11-7-15(11,17)16(12,17)8-14/h9-13,19H,4-8H2,1-3H3/t10?,11?,12?,13?,14?,15?,16?,17-/m1/s1. The van der Waals surface area contributed by atoms with Gasteiger partial charge in [0, 0.05) is 16.7 Å². The molecule has 0 aliphatic heterocycles. The van der Waals surface area contributed by atoms with Gasteiger partial charge in [-0.05, 0) is 49.9 Å². The first-order valence-electron chi connectivity index (χ1n) is 8.59. The van der Waals surface area contributed by atoms with E-state index in [1.807, 2.05) is 13.8 Å². The molecule has 0 aromatic heterocycles. The van der Waals surface area contributed by atoms with Crippen molar-refractivity contribution in [2.24, 2.45) is 39.7 Å². The average Bonchev–Trinajstić information content (AvgIpc) is 3.27. The average molecular weight is 291 g/mol. The lowest BCUT2D eigenvalue weighted by Gasteiger charge is -2.59. The molecule has 4 nitrogen and oxygen atoms in total. The Morgan fingerprint density at radius 3 is 2.67 bits per heavy atom. The van der Waals surface area contributed by atoms with Crippen molar-refractivity contribution >= 4 is 0 Å². The van der Waals surface area contributed by atoms with Crippen LogP contribution in [0, 0.1) is 39.4 Å². The number of ether oxygens (including phenoxy) is 1. The number of rotatable bonds is 4. The van der Waals surface area contributed by atoms with Crippen LogP contribution in [0.2, 0.25) is 0 Å². The van der Waals surface area contributed by atoms with Crippen molar-refractivity contribution in [1.82, 2.24) is 0 Å². The third-order valence-electron chi connectivity index (χ3n) is 8.06. The second-order valence-electron chi connectivity index (χ2n) is 9.10. The summed E-state index contributed by atoms with van der Waals surface area (Å²) in [4.78, 5) is 11.5. The third kappa shape index (κ3) is 0.997. The van der Waals surface area contributed by atoms with Crippen molar-refractivity contribution in [3.63, 3.8) is 0 Å².